The van der Waals surface area contributed by atoms with Gasteiger partial charge in [0.2, 0.25) is 5.15 Å². The van der Waals surface area contributed by atoms with Gasteiger partial charge in [0, 0.05) is 25.3 Å². The third-order valence-corrected chi connectivity index (χ3v) is 3.46. The Morgan fingerprint density at radius 3 is 2.75 bits per heavy atom. The number of nitrogens with zero attached hydrogens (tertiary/aromatic N) is 3. The highest BCUT2D eigenvalue weighted by atomic mass is 35.5. The summed E-state index contributed by atoms with van der Waals surface area (Å²) in [5.41, 5.74) is 0.0543. The number of amides is 1. The maximum atomic E-state index is 11.0. The molecule has 2 heterocycles. The number of hydrogen-bond acceptors (Lipinski definition) is 5. The van der Waals surface area contributed by atoms with Crippen LogP contribution in [0.5, 0.6) is 0 Å². The highest BCUT2D eigenvalue weighted by molar-refractivity contribution is 6.32. The zero-order chi connectivity index (χ0) is 14.7. The molecule has 20 heavy (non-hydrogen) atoms. The second-order valence-electron chi connectivity index (χ2n) is 4.44. The Balaban J connectivity index is 2.07. The number of carbonyl (C=O) groups is 1. The number of rotatable bonds is 3. The largest absolute Gasteiger partial charge is 0.465 e. The van der Waals surface area contributed by atoms with Gasteiger partial charge in [0.05, 0.1) is 4.92 Å². The van der Waals surface area contributed by atoms with Crippen molar-refractivity contribution in [2.75, 3.05) is 18.4 Å². The van der Waals surface area contributed by atoms with Gasteiger partial charge in [0.25, 0.3) is 0 Å². The second kappa shape index (κ2) is 5.91. The number of pyridine rings is 1. The van der Waals surface area contributed by atoms with Crippen molar-refractivity contribution in [2.45, 2.75) is 18.9 Å². The summed E-state index contributed by atoms with van der Waals surface area (Å²) >= 11 is 5.73. The van der Waals surface area contributed by atoms with Gasteiger partial charge in [-0.25, -0.2) is 9.78 Å². The molecule has 0 spiro atoms. The summed E-state index contributed by atoms with van der Waals surface area (Å²) in [6.45, 7) is 0.805. The molecular weight excluding hydrogens is 288 g/mol. The van der Waals surface area contributed by atoms with Gasteiger partial charge >= 0.3 is 11.8 Å². The Hall–Kier alpha value is -2.09. The molecular formula is C11H13ClN4O4. The average Bonchev–Trinajstić information content (AvgIpc) is 2.39. The third-order valence-electron chi connectivity index (χ3n) is 3.19. The van der Waals surface area contributed by atoms with Crippen LogP contribution in [-0.2, 0) is 0 Å². The highest BCUT2D eigenvalue weighted by Crippen LogP contribution is 2.31. The Morgan fingerprint density at radius 2 is 2.20 bits per heavy atom. The van der Waals surface area contributed by atoms with E-state index in [1.54, 1.807) is 0 Å². The summed E-state index contributed by atoms with van der Waals surface area (Å²) in [4.78, 5) is 26.2. The smallest absolute Gasteiger partial charge is 0.407 e. The van der Waals surface area contributed by atoms with Crippen LogP contribution in [0, 0.1) is 10.1 Å². The van der Waals surface area contributed by atoms with Crippen molar-refractivity contribution in [2.24, 2.45) is 0 Å². The SMILES string of the molecule is O=C(O)N1CCC(Nc2ccnc(Cl)c2[N+](=O)[O-])CC1. The number of carboxylic acid groups (broad SMARTS) is 1. The quantitative estimate of drug-likeness (QED) is 0.503. The molecule has 1 amide bonds. The molecule has 0 unspecified atom stereocenters. The number of aromatic nitrogens is 1. The maximum absolute atomic E-state index is 11.0. The fourth-order valence-corrected chi connectivity index (χ4v) is 2.38. The molecule has 0 atom stereocenters. The summed E-state index contributed by atoms with van der Waals surface area (Å²) in [5.74, 6) is 0. The second-order valence-corrected chi connectivity index (χ2v) is 4.80. The molecule has 1 aliphatic rings. The number of hydrogen-bond donors (Lipinski definition) is 2. The zero-order valence-electron chi connectivity index (χ0n) is 10.5. The molecule has 9 heteroatoms. The van der Waals surface area contributed by atoms with Crippen molar-refractivity contribution in [1.82, 2.24) is 9.88 Å². The number of piperidine rings is 1. The fraction of sp³-hybridized carbons (Fsp3) is 0.455. The Labute approximate surface area is 119 Å². The number of likely N-dealkylation sites (tertiary alicyclic amines) is 1. The summed E-state index contributed by atoms with van der Waals surface area (Å²) in [6.07, 6.45) is 1.62. The monoisotopic (exact) mass is 300 g/mol. The predicted octanol–water partition coefficient (Wildman–Crippen LogP) is 2.20. The molecule has 1 aromatic rings. The number of nitrogens with one attached hydrogen (secondary N) is 1. The Kier molecular flexibility index (Phi) is 4.23. The minimum atomic E-state index is -0.943. The summed E-state index contributed by atoms with van der Waals surface area (Å²) in [6, 6.07) is 1.47. The van der Waals surface area contributed by atoms with Crippen LogP contribution in [0.3, 0.4) is 0 Å². The van der Waals surface area contributed by atoms with E-state index in [9.17, 15) is 14.9 Å². The molecule has 8 nitrogen and oxygen atoms in total. The van der Waals surface area contributed by atoms with E-state index in [-0.39, 0.29) is 16.9 Å². The van der Waals surface area contributed by atoms with Gasteiger partial charge in [0.15, 0.2) is 0 Å². The number of anilines is 1. The molecule has 1 aliphatic heterocycles. The van der Waals surface area contributed by atoms with E-state index in [0.717, 1.165) is 0 Å². The minimum Gasteiger partial charge on any atom is -0.465 e. The van der Waals surface area contributed by atoms with E-state index in [4.69, 9.17) is 16.7 Å². The topological polar surface area (TPSA) is 109 Å². The van der Waals surface area contributed by atoms with Crippen LogP contribution in [0.2, 0.25) is 5.15 Å². The third kappa shape index (κ3) is 3.08. The van der Waals surface area contributed by atoms with Crippen LogP contribution in [0.4, 0.5) is 16.2 Å². The van der Waals surface area contributed by atoms with Gasteiger partial charge in [-0.15, -0.1) is 0 Å². The van der Waals surface area contributed by atoms with Crippen molar-refractivity contribution >= 4 is 29.1 Å². The minimum absolute atomic E-state index is 0.0252. The summed E-state index contributed by atoms with van der Waals surface area (Å²) in [7, 11) is 0. The van der Waals surface area contributed by atoms with Crippen molar-refractivity contribution in [3.8, 4) is 0 Å². The van der Waals surface area contributed by atoms with Crippen LogP contribution >= 0.6 is 11.6 Å². The summed E-state index contributed by atoms with van der Waals surface area (Å²) < 4.78 is 0. The van der Waals surface area contributed by atoms with Crippen molar-refractivity contribution < 1.29 is 14.8 Å². The normalized spacial score (nSPS) is 15.9. The molecule has 0 bridgehead atoms. The fourth-order valence-electron chi connectivity index (χ4n) is 2.15. The Morgan fingerprint density at radius 1 is 1.55 bits per heavy atom. The van der Waals surface area contributed by atoms with Crippen LogP contribution in [0.1, 0.15) is 12.8 Å². The molecule has 108 valence electrons. The lowest BCUT2D eigenvalue weighted by atomic mass is 10.1. The molecule has 2 N–H and O–H groups in total. The first-order valence-electron chi connectivity index (χ1n) is 6.02. The van der Waals surface area contributed by atoms with Gasteiger partial charge in [-0.1, -0.05) is 11.6 Å². The average molecular weight is 301 g/mol. The van der Waals surface area contributed by atoms with E-state index in [1.807, 2.05) is 0 Å². The van der Waals surface area contributed by atoms with Crippen LogP contribution in [0.15, 0.2) is 12.3 Å². The number of halogens is 1. The first-order valence-corrected chi connectivity index (χ1v) is 6.40. The molecule has 0 radical (unpaired) electrons. The summed E-state index contributed by atoms with van der Waals surface area (Å²) in [5, 5.41) is 22.7. The lowest BCUT2D eigenvalue weighted by Gasteiger charge is -2.30. The lowest BCUT2D eigenvalue weighted by molar-refractivity contribution is -0.384. The van der Waals surface area contributed by atoms with Crippen molar-refractivity contribution in [3.63, 3.8) is 0 Å². The van der Waals surface area contributed by atoms with Crippen molar-refractivity contribution in [3.05, 3.63) is 27.5 Å². The molecule has 1 aromatic heterocycles. The van der Waals surface area contributed by atoms with E-state index in [2.05, 4.69) is 10.3 Å². The van der Waals surface area contributed by atoms with E-state index in [0.29, 0.717) is 31.6 Å². The maximum Gasteiger partial charge on any atom is 0.407 e. The lowest BCUT2D eigenvalue weighted by Crippen LogP contribution is -2.41. The molecule has 0 saturated carbocycles. The van der Waals surface area contributed by atoms with Gasteiger partial charge in [-0.2, -0.15) is 0 Å². The van der Waals surface area contributed by atoms with E-state index < -0.39 is 11.0 Å². The van der Waals surface area contributed by atoms with E-state index in [1.165, 1.54) is 17.2 Å². The predicted molar refractivity (Wildman–Crippen MR) is 72.1 cm³/mol. The van der Waals surface area contributed by atoms with Gasteiger partial charge in [0.1, 0.15) is 5.69 Å². The van der Waals surface area contributed by atoms with Gasteiger partial charge in [-0.05, 0) is 18.9 Å². The van der Waals surface area contributed by atoms with Gasteiger partial charge < -0.3 is 15.3 Å². The first-order chi connectivity index (χ1) is 9.49. The zero-order valence-corrected chi connectivity index (χ0v) is 11.2. The number of nitro groups is 1. The first kappa shape index (κ1) is 14.3. The molecule has 1 saturated heterocycles. The Bertz CT molecular complexity index is 531. The van der Waals surface area contributed by atoms with Crippen LogP contribution in [-0.4, -0.2) is 45.1 Å². The van der Waals surface area contributed by atoms with E-state index >= 15 is 0 Å². The highest BCUT2D eigenvalue weighted by Gasteiger charge is 2.26. The van der Waals surface area contributed by atoms with Crippen LogP contribution in [0.25, 0.3) is 0 Å². The standard InChI is InChI=1S/C11H13ClN4O4/c12-10-9(16(19)20)8(1-4-13-10)14-7-2-5-15(6-3-7)11(17)18/h1,4,7H,2-3,5-6H2,(H,13,14)(H,17,18). The van der Waals surface area contributed by atoms with Gasteiger partial charge in [-0.3, -0.25) is 10.1 Å². The molecule has 2 rings (SSSR count). The molecule has 1 fully saturated rings. The van der Waals surface area contributed by atoms with Crippen molar-refractivity contribution in [1.29, 1.82) is 0 Å². The molecule has 0 aromatic carbocycles. The molecule has 0 aliphatic carbocycles. The van der Waals surface area contributed by atoms with Crippen LogP contribution < -0.4 is 5.32 Å².